The summed E-state index contributed by atoms with van der Waals surface area (Å²) in [4.78, 5) is 0. The van der Waals surface area contributed by atoms with Crippen LogP contribution in [0.2, 0.25) is 5.02 Å². The lowest BCUT2D eigenvalue weighted by Gasteiger charge is -2.17. The van der Waals surface area contributed by atoms with Gasteiger partial charge in [-0.3, -0.25) is 0 Å². The first kappa shape index (κ1) is 18.4. The van der Waals surface area contributed by atoms with E-state index in [2.05, 4.69) is 19.2 Å². The summed E-state index contributed by atoms with van der Waals surface area (Å²) < 4.78 is 5.49. The molecule has 4 heteroatoms. The Balaban J connectivity index is 2.11. The van der Waals surface area contributed by atoms with Gasteiger partial charge < -0.3 is 15.2 Å². The molecule has 2 atom stereocenters. The molecule has 0 saturated carbocycles. The summed E-state index contributed by atoms with van der Waals surface area (Å²) in [5.41, 5.74) is 1.16. The highest BCUT2D eigenvalue weighted by atomic mass is 35.5. The fourth-order valence-electron chi connectivity index (χ4n) is 2.09. The number of benzene rings is 1. The van der Waals surface area contributed by atoms with E-state index in [4.69, 9.17) is 16.3 Å². The summed E-state index contributed by atoms with van der Waals surface area (Å²) in [5, 5.41) is 13.9. The minimum absolute atomic E-state index is 0.182. The van der Waals surface area contributed by atoms with Gasteiger partial charge >= 0.3 is 0 Å². The molecule has 0 fully saturated rings. The number of unbranched alkanes of at least 4 members (excludes halogenated alkanes) is 3. The van der Waals surface area contributed by atoms with E-state index in [0.717, 1.165) is 23.6 Å². The van der Waals surface area contributed by atoms with Crippen LogP contribution in [-0.2, 0) is 4.74 Å². The summed E-state index contributed by atoms with van der Waals surface area (Å²) in [6.07, 6.45) is 4.31. The molecule has 0 saturated heterocycles. The third kappa shape index (κ3) is 8.42. The zero-order valence-corrected chi connectivity index (χ0v) is 13.9. The van der Waals surface area contributed by atoms with Crippen molar-refractivity contribution in [3.8, 4) is 0 Å². The molecular weight excluding hydrogens is 286 g/mol. The molecule has 0 radical (unpaired) electrons. The summed E-state index contributed by atoms with van der Waals surface area (Å²) >= 11 is 5.87. The van der Waals surface area contributed by atoms with Gasteiger partial charge in [0.15, 0.2) is 0 Å². The summed E-state index contributed by atoms with van der Waals surface area (Å²) in [7, 11) is 0. The lowest BCUT2D eigenvalue weighted by molar-refractivity contribution is 0.0343. The van der Waals surface area contributed by atoms with Crippen molar-refractivity contribution in [2.45, 2.75) is 51.7 Å². The Kier molecular flexibility index (Phi) is 9.68. The van der Waals surface area contributed by atoms with E-state index >= 15 is 0 Å². The van der Waals surface area contributed by atoms with E-state index in [1.165, 1.54) is 19.3 Å². The SMILES string of the molecule is CCCCCCOCC(O)CN[C@H](C)c1ccc(Cl)cc1. The molecule has 0 aromatic heterocycles. The number of aliphatic hydroxyl groups is 1. The first-order valence-corrected chi connectivity index (χ1v) is 8.26. The first-order chi connectivity index (χ1) is 10.1. The Hall–Kier alpha value is -0.610. The van der Waals surface area contributed by atoms with Gasteiger partial charge in [0.25, 0.3) is 0 Å². The average Bonchev–Trinajstić information content (AvgIpc) is 2.49. The molecule has 0 amide bonds. The third-order valence-electron chi connectivity index (χ3n) is 3.48. The molecule has 0 aliphatic rings. The van der Waals surface area contributed by atoms with Crippen LogP contribution in [0.3, 0.4) is 0 Å². The second kappa shape index (κ2) is 11.0. The van der Waals surface area contributed by atoms with Crippen molar-refractivity contribution in [1.29, 1.82) is 0 Å². The predicted molar refractivity (Wildman–Crippen MR) is 88.8 cm³/mol. The predicted octanol–water partition coefficient (Wildman–Crippen LogP) is 3.95. The number of ether oxygens (including phenoxy) is 1. The normalized spacial score (nSPS) is 14.1. The number of rotatable bonds is 11. The number of hydrogen-bond donors (Lipinski definition) is 2. The fourth-order valence-corrected chi connectivity index (χ4v) is 2.22. The van der Waals surface area contributed by atoms with E-state index in [1.807, 2.05) is 24.3 Å². The Morgan fingerprint density at radius 2 is 1.90 bits per heavy atom. The maximum Gasteiger partial charge on any atom is 0.0897 e. The number of aliphatic hydroxyl groups excluding tert-OH is 1. The van der Waals surface area contributed by atoms with Crippen molar-refractivity contribution >= 4 is 11.6 Å². The van der Waals surface area contributed by atoms with Gasteiger partial charge in [-0.05, 0) is 31.0 Å². The van der Waals surface area contributed by atoms with Gasteiger partial charge in [-0.25, -0.2) is 0 Å². The zero-order chi connectivity index (χ0) is 15.5. The second-order valence-electron chi connectivity index (χ2n) is 5.47. The zero-order valence-electron chi connectivity index (χ0n) is 13.1. The Morgan fingerprint density at radius 1 is 1.19 bits per heavy atom. The van der Waals surface area contributed by atoms with Crippen LogP contribution in [0.15, 0.2) is 24.3 Å². The van der Waals surface area contributed by atoms with Crippen molar-refractivity contribution in [2.24, 2.45) is 0 Å². The molecule has 2 N–H and O–H groups in total. The summed E-state index contributed by atoms with van der Waals surface area (Å²) in [6.45, 7) is 5.93. The van der Waals surface area contributed by atoms with Crippen molar-refractivity contribution in [1.82, 2.24) is 5.32 Å². The molecule has 21 heavy (non-hydrogen) atoms. The van der Waals surface area contributed by atoms with Crippen LogP contribution in [0, 0.1) is 0 Å². The molecule has 0 aliphatic carbocycles. The molecule has 1 aromatic rings. The second-order valence-corrected chi connectivity index (χ2v) is 5.91. The topological polar surface area (TPSA) is 41.5 Å². The van der Waals surface area contributed by atoms with Crippen LogP contribution in [0.4, 0.5) is 0 Å². The van der Waals surface area contributed by atoms with E-state index in [-0.39, 0.29) is 6.04 Å². The Labute approximate surface area is 133 Å². The maximum absolute atomic E-state index is 9.88. The van der Waals surface area contributed by atoms with E-state index < -0.39 is 6.10 Å². The maximum atomic E-state index is 9.88. The molecule has 1 rings (SSSR count). The number of nitrogens with one attached hydrogen (secondary N) is 1. The van der Waals surface area contributed by atoms with Crippen LogP contribution < -0.4 is 5.32 Å². The van der Waals surface area contributed by atoms with Gasteiger partial charge in [0, 0.05) is 24.2 Å². The summed E-state index contributed by atoms with van der Waals surface area (Å²) in [6, 6.07) is 7.93. The fraction of sp³-hybridized carbons (Fsp3) is 0.647. The molecule has 1 unspecified atom stereocenters. The van der Waals surface area contributed by atoms with Crippen LogP contribution in [-0.4, -0.2) is 31.0 Å². The van der Waals surface area contributed by atoms with Gasteiger partial charge in [-0.2, -0.15) is 0 Å². The Morgan fingerprint density at radius 3 is 2.57 bits per heavy atom. The molecule has 0 aliphatic heterocycles. The van der Waals surface area contributed by atoms with Crippen LogP contribution >= 0.6 is 11.6 Å². The number of halogens is 1. The lowest BCUT2D eigenvalue weighted by atomic mass is 10.1. The van der Waals surface area contributed by atoms with E-state index in [9.17, 15) is 5.11 Å². The summed E-state index contributed by atoms with van der Waals surface area (Å²) in [5.74, 6) is 0. The van der Waals surface area contributed by atoms with Gasteiger partial charge in [0.1, 0.15) is 0 Å². The monoisotopic (exact) mass is 313 g/mol. The molecule has 0 spiro atoms. The lowest BCUT2D eigenvalue weighted by Crippen LogP contribution is -2.32. The highest BCUT2D eigenvalue weighted by Gasteiger charge is 2.08. The highest BCUT2D eigenvalue weighted by molar-refractivity contribution is 6.30. The molecule has 0 heterocycles. The quantitative estimate of drug-likeness (QED) is 0.608. The van der Waals surface area contributed by atoms with Gasteiger partial charge in [0.05, 0.1) is 12.7 Å². The van der Waals surface area contributed by atoms with Gasteiger partial charge in [-0.1, -0.05) is 49.9 Å². The van der Waals surface area contributed by atoms with Crippen LogP contribution in [0.5, 0.6) is 0 Å². The van der Waals surface area contributed by atoms with Crippen molar-refractivity contribution in [2.75, 3.05) is 19.8 Å². The van der Waals surface area contributed by atoms with Crippen molar-refractivity contribution < 1.29 is 9.84 Å². The van der Waals surface area contributed by atoms with Crippen LogP contribution in [0.1, 0.15) is 51.1 Å². The third-order valence-corrected chi connectivity index (χ3v) is 3.73. The molecule has 1 aromatic carbocycles. The Bertz CT molecular complexity index is 370. The van der Waals surface area contributed by atoms with Gasteiger partial charge in [-0.15, -0.1) is 0 Å². The molecule has 3 nitrogen and oxygen atoms in total. The first-order valence-electron chi connectivity index (χ1n) is 7.88. The minimum Gasteiger partial charge on any atom is -0.389 e. The largest absolute Gasteiger partial charge is 0.389 e. The van der Waals surface area contributed by atoms with E-state index in [1.54, 1.807) is 0 Å². The number of hydrogen-bond acceptors (Lipinski definition) is 3. The highest BCUT2D eigenvalue weighted by Crippen LogP contribution is 2.15. The van der Waals surface area contributed by atoms with Crippen molar-refractivity contribution in [3.63, 3.8) is 0 Å². The molecular formula is C17H28ClNO2. The van der Waals surface area contributed by atoms with Crippen molar-refractivity contribution in [3.05, 3.63) is 34.9 Å². The standard InChI is InChI=1S/C17H28ClNO2/c1-3-4-5-6-11-21-13-17(20)12-19-14(2)15-7-9-16(18)10-8-15/h7-10,14,17,19-20H,3-6,11-13H2,1-2H3/t14-,17?/m1/s1. The molecule has 0 bridgehead atoms. The smallest absolute Gasteiger partial charge is 0.0897 e. The van der Waals surface area contributed by atoms with E-state index in [0.29, 0.717) is 13.2 Å². The van der Waals surface area contributed by atoms with Gasteiger partial charge in [0.2, 0.25) is 0 Å². The van der Waals surface area contributed by atoms with Crippen LogP contribution in [0.25, 0.3) is 0 Å². The molecule has 120 valence electrons. The minimum atomic E-state index is -0.467. The average molecular weight is 314 g/mol.